The third-order valence-electron chi connectivity index (χ3n) is 4.81. The molecule has 5 nitrogen and oxygen atoms in total. The first-order valence-corrected chi connectivity index (χ1v) is 9.15. The highest BCUT2D eigenvalue weighted by atomic mass is 35.5. The van der Waals surface area contributed by atoms with Gasteiger partial charge in [-0.05, 0) is 56.5 Å². The molecule has 0 radical (unpaired) electrons. The molecule has 2 heterocycles. The summed E-state index contributed by atoms with van der Waals surface area (Å²) in [7, 11) is 0. The smallest absolute Gasteiger partial charge is 0.242 e. The Morgan fingerprint density at radius 2 is 1.96 bits per heavy atom. The lowest BCUT2D eigenvalue weighted by molar-refractivity contribution is -0.139. The standard InChI is InChI=1S/C18H33N3O2.ClH/c1-18(2,3)12-16(22)21-11-5-7-15(21)17(23)20-10-8-14-6-4-9-19-13-14;/h14-15,19H,4-13H2,1-3H3,(H,20,23);1H. The van der Waals surface area contributed by atoms with Crippen LogP contribution in [-0.4, -0.2) is 48.9 Å². The van der Waals surface area contributed by atoms with Crippen LogP contribution in [-0.2, 0) is 9.59 Å². The van der Waals surface area contributed by atoms with Gasteiger partial charge in [0.25, 0.3) is 0 Å². The van der Waals surface area contributed by atoms with Crippen molar-refractivity contribution in [3.8, 4) is 0 Å². The van der Waals surface area contributed by atoms with E-state index in [0.717, 1.165) is 45.4 Å². The number of carbonyl (C=O) groups excluding carboxylic acids is 2. The molecule has 0 aromatic heterocycles. The molecule has 2 aliphatic heterocycles. The van der Waals surface area contributed by atoms with E-state index in [1.807, 2.05) is 0 Å². The van der Waals surface area contributed by atoms with E-state index in [0.29, 0.717) is 12.3 Å². The average molecular weight is 360 g/mol. The van der Waals surface area contributed by atoms with Crippen molar-refractivity contribution in [3.05, 3.63) is 0 Å². The number of nitrogens with zero attached hydrogens (tertiary/aromatic N) is 1. The SMILES string of the molecule is CC(C)(C)CC(=O)N1CCCC1C(=O)NCCC1CCCNC1.Cl. The lowest BCUT2D eigenvalue weighted by Gasteiger charge is -2.28. The monoisotopic (exact) mass is 359 g/mol. The lowest BCUT2D eigenvalue weighted by Crippen LogP contribution is -2.47. The summed E-state index contributed by atoms with van der Waals surface area (Å²) >= 11 is 0. The van der Waals surface area contributed by atoms with Gasteiger partial charge in [0.1, 0.15) is 6.04 Å². The van der Waals surface area contributed by atoms with Gasteiger partial charge >= 0.3 is 0 Å². The second-order valence-electron chi connectivity index (χ2n) is 8.27. The van der Waals surface area contributed by atoms with Crippen LogP contribution in [0.2, 0.25) is 0 Å². The molecule has 0 spiro atoms. The van der Waals surface area contributed by atoms with Crippen LogP contribution in [0.5, 0.6) is 0 Å². The van der Waals surface area contributed by atoms with Crippen LogP contribution in [0, 0.1) is 11.3 Å². The summed E-state index contributed by atoms with van der Waals surface area (Å²) < 4.78 is 0. The molecule has 2 aliphatic rings. The first-order valence-electron chi connectivity index (χ1n) is 9.15. The first kappa shape index (κ1) is 21.2. The molecule has 2 saturated heterocycles. The molecule has 24 heavy (non-hydrogen) atoms. The molecule has 0 aromatic rings. The van der Waals surface area contributed by atoms with Crippen LogP contribution < -0.4 is 10.6 Å². The van der Waals surface area contributed by atoms with E-state index in [9.17, 15) is 9.59 Å². The Kier molecular flexibility index (Phi) is 8.51. The first-order chi connectivity index (χ1) is 10.9. The fourth-order valence-electron chi connectivity index (χ4n) is 3.58. The molecule has 0 aromatic carbocycles. The van der Waals surface area contributed by atoms with Crippen LogP contribution >= 0.6 is 12.4 Å². The number of halogens is 1. The van der Waals surface area contributed by atoms with Crippen molar-refractivity contribution in [2.75, 3.05) is 26.2 Å². The summed E-state index contributed by atoms with van der Waals surface area (Å²) in [6, 6.07) is -0.255. The molecule has 0 aliphatic carbocycles. The zero-order valence-corrected chi connectivity index (χ0v) is 16.2. The largest absolute Gasteiger partial charge is 0.354 e. The second-order valence-corrected chi connectivity index (χ2v) is 8.27. The van der Waals surface area contributed by atoms with Gasteiger partial charge in [-0.1, -0.05) is 20.8 Å². The zero-order chi connectivity index (χ0) is 16.9. The Bertz CT molecular complexity index is 417. The van der Waals surface area contributed by atoms with Crippen LogP contribution in [0.25, 0.3) is 0 Å². The van der Waals surface area contributed by atoms with Gasteiger partial charge in [0.05, 0.1) is 0 Å². The molecule has 2 unspecified atom stereocenters. The van der Waals surface area contributed by atoms with E-state index in [-0.39, 0.29) is 35.7 Å². The van der Waals surface area contributed by atoms with E-state index in [4.69, 9.17) is 0 Å². The molecule has 2 N–H and O–H groups in total. The summed E-state index contributed by atoms with van der Waals surface area (Å²) in [5, 5.41) is 6.47. The maximum Gasteiger partial charge on any atom is 0.242 e. The molecule has 2 atom stereocenters. The van der Waals surface area contributed by atoms with Gasteiger partial charge in [-0.3, -0.25) is 9.59 Å². The van der Waals surface area contributed by atoms with E-state index < -0.39 is 0 Å². The fraction of sp³-hybridized carbons (Fsp3) is 0.889. The Hall–Kier alpha value is -0.810. The predicted octanol–water partition coefficient (Wildman–Crippen LogP) is 2.34. The van der Waals surface area contributed by atoms with Crippen molar-refractivity contribution in [2.45, 2.75) is 65.3 Å². The summed E-state index contributed by atoms with van der Waals surface area (Å²) in [6.45, 7) is 9.82. The minimum absolute atomic E-state index is 0. The van der Waals surface area contributed by atoms with Gasteiger partial charge in [0.2, 0.25) is 11.8 Å². The summed E-state index contributed by atoms with van der Waals surface area (Å²) in [5.41, 5.74) is -0.0331. The van der Waals surface area contributed by atoms with E-state index in [2.05, 4.69) is 31.4 Å². The van der Waals surface area contributed by atoms with Crippen LogP contribution in [0.3, 0.4) is 0 Å². The molecule has 140 valence electrons. The molecule has 2 amide bonds. The van der Waals surface area contributed by atoms with E-state index >= 15 is 0 Å². The van der Waals surface area contributed by atoms with Crippen molar-refractivity contribution in [1.29, 1.82) is 0 Å². The van der Waals surface area contributed by atoms with Gasteiger partial charge in [-0.15, -0.1) is 12.4 Å². The van der Waals surface area contributed by atoms with E-state index in [1.54, 1.807) is 4.90 Å². The van der Waals surface area contributed by atoms with Gasteiger partial charge in [-0.2, -0.15) is 0 Å². The van der Waals surface area contributed by atoms with Crippen LogP contribution in [0.4, 0.5) is 0 Å². The molecule has 0 bridgehead atoms. The Morgan fingerprint density at radius 1 is 1.21 bits per heavy atom. The van der Waals surface area contributed by atoms with E-state index in [1.165, 1.54) is 12.8 Å². The summed E-state index contributed by atoms with van der Waals surface area (Å²) in [4.78, 5) is 26.7. The normalized spacial score (nSPS) is 24.4. The van der Waals surface area contributed by atoms with Crippen molar-refractivity contribution in [2.24, 2.45) is 11.3 Å². The minimum Gasteiger partial charge on any atom is -0.354 e. The molecule has 2 rings (SSSR count). The number of amides is 2. The number of nitrogens with one attached hydrogen (secondary N) is 2. The topological polar surface area (TPSA) is 61.4 Å². The zero-order valence-electron chi connectivity index (χ0n) is 15.4. The number of carbonyl (C=O) groups is 2. The summed E-state index contributed by atoms with van der Waals surface area (Å²) in [5.74, 6) is 0.825. The maximum absolute atomic E-state index is 12.4. The van der Waals surface area contributed by atoms with Gasteiger partial charge < -0.3 is 15.5 Å². The molecule has 6 heteroatoms. The van der Waals surface area contributed by atoms with Crippen molar-refractivity contribution < 1.29 is 9.59 Å². The highest BCUT2D eigenvalue weighted by Crippen LogP contribution is 2.25. The molecule has 0 saturated carbocycles. The van der Waals surface area contributed by atoms with Crippen LogP contribution in [0.1, 0.15) is 59.3 Å². The third kappa shape index (κ3) is 6.60. The Labute approximate surface area is 152 Å². The fourth-order valence-corrected chi connectivity index (χ4v) is 3.58. The lowest BCUT2D eigenvalue weighted by atomic mass is 9.91. The number of rotatable bonds is 5. The van der Waals surface area contributed by atoms with Gasteiger partial charge in [-0.25, -0.2) is 0 Å². The highest BCUT2D eigenvalue weighted by Gasteiger charge is 2.35. The van der Waals surface area contributed by atoms with Gasteiger partial charge in [0.15, 0.2) is 0 Å². The van der Waals surface area contributed by atoms with Crippen molar-refractivity contribution in [3.63, 3.8) is 0 Å². The summed E-state index contributed by atoms with van der Waals surface area (Å²) in [6.07, 6.45) is 5.75. The van der Waals surface area contributed by atoms with Crippen LogP contribution in [0.15, 0.2) is 0 Å². The number of piperidine rings is 1. The van der Waals surface area contributed by atoms with Crippen molar-refractivity contribution in [1.82, 2.24) is 15.5 Å². The van der Waals surface area contributed by atoms with Crippen molar-refractivity contribution >= 4 is 24.2 Å². The molecular weight excluding hydrogens is 326 g/mol. The number of hydrogen-bond acceptors (Lipinski definition) is 3. The second kappa shape index (κ2) is 9.62. The number of hydrogen-bond donors (Lipinski definition) is 2. The molecular formula is C18H34ClN3O2. The Morgan fingerprint density at radius 3 is 2.58 bits per heavy atom. The molecule has 2 fully saturated rings. The maximum atomic E-state index is 12.4. The third-order valence-corrected chi connectivity index (χ3v) is 4.81. The Balaban J connectivity index is 0.00000288. The quantitative estimate of drug-likeness (QED) is 0.792. The van der Waals surface area contributed by atoms with Gasteiger partial charge in [0, 0.05) is 19.5 Å². The average Bonchev–Trinajstić information content (AvgIpc) is 2.96. The number of likely N-dealkylation sites (tertiary alicyclic amines) is 1. The predicted molar refractivity (Wildman–Crippen MR) is 99.3 cm³/mol. The highest BCUT2D eigenvalue weighted by molar-refractivity contribution is 5.88. The minimum atomic E-state index is -0.255.